The van der Waals surface area contributed by atoms with Gasteiger partial charge in [-0.1, -0.05) is 55.5 Å². The second-order valence-electron chi connectivity index (χ2n) is 7.85. The zero-order valence-electron chi connectivity index (χ0n) is 17.9. The van der Waals surface area contributed by atoms with E-state index in [0.717, 1.165) is 22.3 Å². The molecule has 2 amide bonds. The molecule has 8 nitrogen and oxygen atoms in total. The van der Waals surface area contributed by atoms with Gasteiger partial charge in [0.2, 0.25) is 5.91 Å². The third kappa shape index (κ3) is 5.45. The number of carboxylic acid groups (broad SMARTS) is 1. The summed E-state index contributed by atoms with van der Waals surface area (Å²) in [6, 6.07) is 15.0. The van der Waals surface area contributed by atoms with Crippen LogP contribution in [0.5, 0.6) is 0 Å². The molecule has 0 fully saturated rings. The number of nitrogens with one attached hydrogen (secondary N) is 2. The smallest absolute Gasteiger partial charge is 0.407 e. The van der Waals surface area contributed by atoms with Crippen LogP contribution in [-0.4, -0.2) is 54.0 Å². The van der Waals surface area contributed by atoms with Crippen molar-refractivity contribution < 1.29 is 29.3 Å². The van der Waals surface area contributed by atoms with E-state index < -0.39 is 29.9 Å². The zero-order chi connectivity index (χ0) is 23.1. The molecule has 32 heavy (non-hydrogen) atoms. The Morgan fingerprint density at radius 3 is 2.16 bits per heavy atom. The molecule has 0 radical (unpaired) electrons. The van der Waals surface area contributed by atoms with Crippen molar-refractivity contribution in [1.29, 1.82) is 0 Å². The molecule has 0 spiro atoms. The van der Waals surface area contributed by atoms with Gasteiger partial charge in [0.15, 0.2) is 0 Å². The van der Waals surface area contributed by atoms with Crippen molar-refractivity contribution in [3.8, 4) is 11.1 Å². The zero-order valence-corrected chi connectivity index (χ0v) is 17.9. The summed E-state index contributed by atoms with van der Waals surface area (Å²) >= 11 is 0. The Morgan fingerprint density at radius 2 is 1.59 bits per heavy atom. The highest BCUT2D eigenvalue weighted by Crippen LogP contribution is 2.44. The molecule has 0 heterocycles. The molecular weight excluding hydrogens is 412 g/mol. The van der Waals surface area contributed by atoms with Gasteiger partial charge in [0, 0.05) is 31.4 Å². The van der Waals surface area contributed by atoms with E-state index in [-0.39, 0.29) is 32.1 Å². The fraction of sp³-hybridized carbons (Fsp3) is 0.375. The van der Waals surface area contributed by atoms with Crippen molar-refractivity contribution >= 4 is 18.0 Å². The molecule has 2 aromatic rings. The third-order valence-electron chi connectivity index (χ3n) is 5.67. The maximum Gasteiger partial charge on any atom is 0.407 e. The lowest BCUT2D eigenvalue weighted by Gasteiger charge is -2.17. The minimum absolute atomic E-state index is 0.0303. The molecule has 8 heteroatoms. The van der Waals surface area contributed by atoms with Crippen molar-refractivity contribution in [3.05, 3.63) is 59.7 Å². The number of carbonyl (C=O) groups excluding carboxylic acids is 2. The molecule has 3 rings (SSSR count). The summed E-state index contributed by atoms with van der Waals surface area (Å²) in [5, 5.41) is 23.0. The van der Waals surface area contributed by atoms with E-state index in [0.29, 0.717) is 6.42 Å². The number of aliphatic hydroxyl groups excluding tert-OH is 1. The maximum atomic E-state index is 12.2. The van der Waals surface area contributed by atoms with Gasteiger partial charge in [0.1, 0.15) is 12.6 Å². The monoisotopic (exact) mass is 440 g/mol. The minimum atomic E-state index is -1.20. The number of alkyl carbamates (subject to hydrolysis) is 1. The number of rotatable bonds is 10. The van der Waals surface area contributed by atoms with Crippen LogP contribution in [0.1, 0.15) is 36.8 Å². The predicted octanol–water partition coefficient (Wildman–Crippen LogP) is 2.50. The lowest BCUT2D eigenvalue weighted by Crippen LogP contribution is -2.44. The van der Waals surface area contributed by atoms with E-state index >= 15 is 0 Å². The highest BCUT2D eigenvalue weighted by atomic mass is 16.5. The van der Waals surface area contributed by atoms with Crippen molar-refractivity contribution in [2.45, 2.75) is 31.7 Å². The highest BCUT2D eigenvalue weighted by Gasteiger charge is 2.29. The Bertz CT molecular complexity index is 931. The molecule has 1 aliphatic carbocycles. The maximum absolute atomic E-state index is 12.2. The van der Waals surface area contributed by atoms with Gasteiger partial charge in [0.25, 0.3) is 0 Å². The second kappa shape index (κ2) is 10.8. The topological polar surface area (TPSA) is 125 Å². The molecule has 2 atom stereocenters. The number of aliphatic hydroxyl groups is 1. The number of aliphatic carboxylic acids is 1. The first-order valence-electron chi connectivity index (χ1n) is 10.6. The number of carboxylic acids is 1. The van der Waals surface area contributed by atoms with Crippen LogP contribution in [0.15, 0.2) is 48.5 Å². The molecule has 0 saturated heterocycles. The summed E-state index contributed by atoms with van der Waals surface area (Å²) < 4.78 is 5.45. The normalized spacial score (nSPS) is 14.1. The van der Waals surface area contributed by atoms with E-state index in [1.807, 2.05) is 36.4 Å². The van der Waals surface area contributed by atoms with Crippen LogP contribution in [-0.2, 0) is 14.3 Å². The van der Waals surface area contributed by atoms with Crippen molar-refractivity contribution in [2.75, 3.05) is 19.8 Å². The molecule has 0 aliphatic heterocycles. The van der Waals surface area contributed by atoms with Crippen LogP contribution < -0.4 is 10.6 Å². The number of ether oxygens (including phenoxy) is 1. The second-order valence-corrected chi connectivity index (χ2v) is 7.85. The van der Waals surface area contributed by atoms with Gasteiger partial charge in [-0.3, -0.25) is 4.79 Å². The SMILES string of the molecule is CC(CCNC(=O)OCC1c2ccccc2-c2ccccc21)C(=O)N[C@H](CCO)C(=O)O. The number of hydrogen-bond acceptors (Lipinski definition) is 5. The van der Waals surface area contributed by atoms with Crippen LogP contribution in [0.2, 0.25) is 0 Å². The van der Waals surface area contributed by atoms with E-state index in [9.17, 15) is 14.4 Å². The first-order valence-corrected chi connectivity index (χ1v) is 10.6. The largest absolute Gasteiger partial charge is 0.480 e. The third-order valence-corrected chi connectivity index (χ3v) is 5.67. The minimum Gasteiger partial charge on any atom is -0.480 e. The van der Waals surface area contributed by atoms with Gasteiger partial charge >= 0.3 is 12.1 Å². The van der Waals surface area contributed by atoms with Crippen LogP contribution in [0, 0.1) is 5.92 Å². The lowest BCUT2D eigenvalue weighted by molar-refractivity contribution is -0.142. The summed E-state index contributed by atoms with van der Waals surface area (Å²) in [6.07, 6.45) is -0.309. The van der Waals surface area contributed by atoms with Gasteiger partial charge in [-0.15, -0.1) is 0 Å². The number of carbonyl (C=O) groups is 3. The van der Waals surface area contributed by atoms with Crippen LogP contribution in [0.3, 0.4) is 0 Å². The summed E-state index contributed by atoms with van der Waals surface area (Å²) in [5.74, 6) is -2.18. The Labute approximate surface area is 186 Å². The average Bonchev–Trinajstić information content (AvgIpc) is 3.11. The molecule has 1 unspecified atom stereocenters. The molecule has 0 bridgehead atoms. The van der Waals surface area contributed by atoms with E-state index in [1.54, 1.807) is 6.92 Å². The molecule has 1 aliphatic rings. The first-order chi connectivity index (χ1) is 15.4. The molecule has 2 aromatic carbocycles. The van der Waals surface area contributed by atoms with Crippen molar-refractivity contribution in [3.63, 3.8) is 0 Å². The Hall–Kier alpha value is -3.39. The Morgan fingerprint density at radius 1 is 1.00 bits per heavy atom. The van der Waals surface area contributed by atoms with Crippen molar-refractivity contribution in [2.24, 2.45) is 5.92 Å². The van der Waals surface area contributed by atoms with E-state index in [1.165, 1.54) is 0 Å². The van der Waals surface area contributed by atoms with E-state index in [4.69, 9.17) is 14.9 Å². The highest BCUT2D eigenvalue weighted by molar-refractivity contribution is 5.84. The van der Waals surface area contributed by atoms with Gasteiger partial charge < -0.3 is 25.6 Å². The molecule has 0 aromatic heterocycles. The number of amides is 2. The number of fused-ring (bicyclic) bond motifs is 3. The molecule has 0 saturated carbocycles. The molecule has 170 valence electrons. The summed E-state index contributed by atoms with van der Waals surface area (Å²) in [6.45, 7) is 1.72. The number of benzene rings is 2. The standard InChI is InChI=1S/C24H28N2O6/c1-15(22(28)26-21(11-13-27)23(29)30)10-12-25-24(31)32-14-20-18-8-4-2-6-16(18)17-7-3-5-9-19(17)20/h2-9,15,20-21,27H,10-14H2,1H3,(H,25,31)(H,26,28)(H,29,30)/t15?,21-/m1/s1. The van der Waals surface area contributed by atoms with Gasteiger partial charge in [0.05, 0.1) is 0 Å². The summed E-state index contributed by atoms with van der Waals surface area (Å²) in [7, 11) is 0. The summed E-state index contributed by atoms with van der Waals surface area (Å²) in [4.78, 5) is 35.4. The Balaban J connectivity index is 1.46. The fourth-order valence-corrected chi connectivity index (χ4v) is 3.87. The van der Waals surface area contributed by atoms with E-state index in [2.05, 4.69) is 22.8 Å². The van der Waals surface area contributed by atoms with Crippen LogP contribution in [0.25, 0.3) is 11.1 Å². The van der Waals surface area contributed by atoms with Crippen molar-refractivity contribution in [1.82, 2.24) is 10.6 Å². The van der Waals surface area contributed by atoms with Gasteiger partial charge in [-0.2, -0.15) is 0 Å². The average molecular weight is 440 g/mol. The number of hydrogen-bond donors (Lipinski definition) is 4. The Kier molecular flexibility index (Phi) is 7.83. The molecule has 4 N–H and O–H groups in total. The quantitative estimate of drug-likeness (QED) is 0.450. The fourth-order valence-electron chi connectivity index (χ4n) is 3.87. The predicted molar refractivity (Wildman–Crippen MR) is 118 cm³/mol. The van der Waals surface area contributed by atoms with Crippen LogP contribution >= 0.6 is 0 Å². The van der Waals surface area contributed by atoms with Gasteiger partial charge in [-0.25, -0.2) is 9.59 Å². The summed E-state index contributed by atoms with van der Waals surface area (Å²) in [5.41, 5.74) is 4.56. The molecular formula is C24H28N2O6. The van der Waals surface area contributed by atoms with Crippen LogP contribution in [0.4, 0.5) is 4.79 Å². The van der Waals surface area contributed by atoms with Gasteiger partial charge in [-0.05, 0) is 28.7 Å². The lowest BCUT2D eigenvalue weighted by atomic mass is 9.98. The first kappa shape index (κ1) is 23.3.